The lowest BCUT2D eigenvalue weighted by Gasteiger charge is -2.32. The van der Waals surface area contributed by atoms with Crippen molar-refractivity contribution < 1.29 is 14.4 Å². The van der Waals surface area contributed by atoms with Gasteiger partial charge in [-0.1, -0.05) is 24.3 Å². The normalized spacial score (nSPS) is 15.1. The summed E-state index contributed by atoms with van der Waals surface area (Å²) in [6.07, 6.45) is 3.86. The van der Waals surface area contributed by atoms with Gasteiger partial charge in [-0.25, -0.2) is 4.79 Å². The van der Waals surface area contributed by atoms with Gasteiger partial charge in [0.2, 0.25) is 11.8 Å². The van der Waals surface area contributed by atoms with Crippen LogP contribution in [0.5, 0.6) is 0 Å². The quantitative estimate of drug-likeness (QED) is 0.632. The van der Waals surface area contributed by atoms with Crippen molar-refractivity contribution in [2.75, 3.05) is 48.3 Å². The van der Waals surface area contributed by atoms with Crippen LogP contribution >= 0.6 is 0 Å². The van der Waals surface area contributed by atoms with Crippen LogP contribution in [-0.2, 0) is 16.0 Å². The molecule has 2 aromatic carbocycles. The Morgan fingerprint density at radius 2 is 1.73 bits per heavy atom. The highest BCUT2D eigenvalue weighted by molar-refractivity contribution is 6.02. The van der Waals surface area contributed by atoms with Crippen LogP contribution in [-0.4, -0.2) is 55.5 Å². The van der Waals surface area contributed by atoms with E-state index in [9.17, 15) is 14.4 Å². The Kier molecular flexibility index (Phi) is 7.12. The maximum atomic E-state index is 12.6. The van der Waals surface area contributed by atoms with Gasteiger partial charge >= 0.3 is 6.03 Å². The number of rotatable bonds is 6. The Bertz CT molecular complexity index is 1030. The number of nitrogens with zero attached hydrogens (tertiary/aromatic N) is 2. The summed E-state index contributed by atoms with van der Waals surface area (Å²) in [5.74, 6) is -0.232. The Balaban J connectivity index is 1.40. The van der Waals surface area contributed by atoms with Crippen LogP contribution in [0.25, 0.3) is 0 Å². The number of aryl methyl sites for hydroxylation is 2. The van der Waals surface area contributed by atoms with Crippen molar-refractivity contribution in [2.24, 2.45) is 0 Å². The predicted molar refractivity (Wildman–Crippen MR) is 130 cm³/mol. The van der Waals surface area contributed by atoms with Gasteiger partial charge in [-0.3, -0.25) is 9.59 Å². The van der Waals surface area contributed by atoms with E-state index < -0.39 is 0 Å². The molecule has 1 fully saturated rings. The first-order chi connectivity index (χ1) is 16.0. The van der Waals surface area contributed by atoms with Crippen molar-refractivity contribution in [3.8, 4) is 0 Å². The molecule has 2 aromatic rings. The van der Waals surface area contributed by atoms with Crippen molar-refractivity contribution in [1.29, 1.82) is 0 Å². The molecule has 0 spiro atoms. The zero-order valence-corrected chi connectivity index (χ0v) is 19.0. The molecule has 3 N–H and O–H groups in total. The number of hydrogen-bond donors (Lipinski definition) is 3. The average molecular weight is 450 g/mol. The molecule has 0 saturated carbocycles. The number of carbonyl (C=O) groups excluding carboxylic acids is 3. The van der Waals surface area contributed by atoms with E-state index in [0.29, 0.717) is 12.2 Å². The standard InChI is InChI=1S/C25H31N5O3/c1-18-7-4-10-20(15-18)27-25(33)28-21-11-5-8-19-9-6-14-30(24(19)21)17-22(31)26-16-23(32)29-12-2-3-13-29/h4-5,7-8,10-11,15H,2-3,6,9,12-14,16-17H2,1H3,(H,26,31)(H2,27,28,33). The largest absolute Gasteiger partial charge is 0.360 e. The van der Waals surface area contributed by atoms with E-state index in [0.717, 1.165) is 61.3 Å². The van der Waals surface area contributed by atoms with E-state index in [1.807, 2.05) is 54.3 Å². The van der Waals surface area contributed by atoms with E-state index in [2.05, 4.69) is 16.0 Å². The lowest BCUT2D eigenvalue weighted by atomic mass is 10.00. The fraction of sp³-hybridized carbons (Fsp3) is 0.400. The highest BCUT2D eigenvalue weighted by Crippen LogP contribution is 2.34. The molecule has 4 rings (SSSR count). The third-order valence-electron chi connectivity index (χ3n) is 6.06. The van der Waals surface area contributed by atoms with Crippen molar-refractivity contribution in [2.45, 2.75) is 32.6 Å². The Labute approximate surface area is 194 Å². The van der Waals surface area contributed by atoms with E-state index in [-0.39, 0.29) is 30.9 Å². The zero-order valence-electron chi connectivity index (χ0n) is 19.0. The second kappa shape index (κ2) is 10.4. The minimum Gasteiger partial charge on any atom is -0.360 e. The first-order valence-electron chi connectivity index (χ1n) is 11.6. The first-order valence-corrected chi connectivity index (χ1v) is 11.6. The second-order valence-electron chi connectivity index (χ2n) is 8.65. The van der Waals surface area contributed by atoms with Crippen LogP contribution in [0.2, 0.25) is 0 Å². The third-order valence-corrected chi connectivity index (χ3v) is 6.06. The van der Waals surface area contributed by atoms with Gasteiger partial charge in [-0.05, 0) is 61.9 Å². The van der Waals surface area contributed by atoms with Crippen molar-refractivity contribution in [1.82, 2.24) is 10.2 Å². The van der Waals surface area contributed by atoms with Gasteiger partial charge in [0, 0.05) is 25.3 Å². The number of nitrogens with one attached hydrogen (secondary N) is 3. The van der Waals surface area contributed by atoms with Gasteiger partial charge in [-0.2, -0.15) is 0 Å². The third kappa shape index (κ3) is 5.83. The molecular weight excluding hydrogens is 418 g/mol. The molecule has 0 aliphatic carbocycles. The molecule has 33 heavy (non-hydrogen) atoms. The van der Waals surface area contributed by atoms with Gasteiger partial charge in [0.1, 0.15) is 0 Å². The molecule has 2 aliphatic rings. The van der Waals surface area contributed by atoms with E-state index >= 15 is 0 Å². The molecule has 0 atom stereocenters. The van der Waals surface area contributed by atoms with Gasteiger partial charge in [0.25, 0.3) is 0 Å². The summed E-state index contributed by atoms with van der Waals surface area (Å²) >= 11 is 0. The number of carbonyl (C=O) groups is 3. The van der Waals surface area contributed by atoms with Crippen LogP contribution in [0.1, 0.15) is 30.4 Å². The molecule has 174 valence electrons. The molecular formula is C25H31N5O3. The number of likely N-dealkylation sites (tertiary alicyclic amines) is 1. The summed E-state index contributed by atoms with van der Waals surface area (Å²) in [5, 5.41) is 8.57. The number of benzene rings is 2. The lowest BCUT2D eigenvalue weighted by molar-refractivity contribution is -0.131. The molecule has 0 aromatic heterocycles. The van der Waals surface area contributed by atoms with Crippen LogP contribution in [0.15, 0.2) is 42.5 Å². The maximum Gasteiger partial charge on any atom is 0.323 e. The fourth-order valence-electron chi connectivity index (χ4n) is 4.49. The average Bonchev–Trinajstić information content (AvgIpc) is 3.33. The molecule has 8 nitrogen and oxygen atoms in total. The van der Waals surface area contributed by atoms with Crippen molar-refractivity contribution >= 4 is 34.9 Å². The topological polar surface area (TPSA) is 93.8 Å². The zero-order chi connectivity index (χ0) is 23.2. The SMILES string of the molecule is Cc1cccc(NC(=O)Nc2cccc3c2N(CC(=O)NCC(=O)N2CCCC2)CCC3)c1. The molecule has 2 aliphatic heterocycles. The smallest absolute Gasteiger partial charge is 0.323 e. The fourth-order valence-corrected chi connectivity index (χ4v) is 4.49. The highest BCUT2D eigenvalue weighted by Gasteiger charge is 2.24. The van der Waals surface area contributed by atoms with E-state index in [1.165, 1.54) is 0 Å². The number of fused-ring (bicyclic) bond motifs is 1. The summed E-state index contributed by atoms with van der Waals surface area (Å²) in [6.45, 7) is 4.38. The van der Waals surface area contributed by atoms with Gasteiger partial charge in [-0.15, -0.1) is 0 Å². The second-order valence-corrected chi connectivity index (χ2v) is 8.65. The molecule has 4 amide bonds. The summed E-state index contributed by atoms with van der Waals surface area (Å²) in [4.78, 5) is 41.3. The van der Waals surface area contributed by atoms with Crippen LogP contribution in [0.3, 0.4) is 0 Å². The molecule has 0 radical (unpaired) electrons. The summed E-state index contributed by atoms with van der Waals surface area (Å²) in [7, 11) is 0. The van der Waals surface area contributed by atoms with Gasteiger partial charge < -0.3 is 25.8 Å². The predicted octanol–water partition coefficient (Wildman–Crippen LogP) is 3.13. The summed E-state index contributed by atoms with van der Waals surface area (Å²) < 4.78 is 0. The monoisotopic (exact) mass is 449 g/mol. The lowest BCUT2D eigenvalue weighted by Crippen LogP contribution is -2.44. The summed E-state index contributed by atoms with van der Waals surface area (Å²) in [6, 6.07) is 13.1. The van der Waals surface area contributed by atoms with Crippen LogP contribution < -0.4 is 20.9 Å². The van der Waals surface area contributed by atoms with E-state index in [4.69, 9.17) is 0 Å². The maximum absolute atomic E-state index is 12.6. The Morgan fingerprint density at radius 3 is 2.52 bits per heavy atom. The Hall–Kier alpha value is -3.55. The Morgan fingerprint density at radius 1 is 0.939 bits per heavy atom. The van der Waals surface area contributed by atoms with Crippen molar-refractivity contribution in [3.05, 3.63) is 53.6 Å². The number of urea groups is 1. The molecule has 0 bridgehead atoms. The van der Waals surface area contributed by atoms with Gasteiger partial charge in [0.05, 0.1) is 24.5 Å². The van der Waals surface area contributed by atoms with E-state index in [1.54, 1.807) is 4.90 Å². The molecule has 0 unspecified atom stereocenters. The van der Waals surface area contributed by atoms with Crippen molar-refractivity contribution in [3.63, 3.8) is 0 Å². The first kappa shape index (κ1) is 22.6. The number of anilines is 3. The number of amides is 4. The molecule has 1 saturated heterocycles. The van der Waals surface area contributed by atoms with Gasteiger partial charge in [0.15, 0.2) is 0 Å². The molecule has 2 heterocycles. The van der Waals surface area contributed by atoms with Crippen LogP contribution in [0.4, 0.5) is 21.9 Å². The minimum absolute atomic E-state index is 0.0261. The highest BCUT2D eigenvalue weighted by atomic mass is 16.2. The van der Waals surface area contributed by atoms with Crippen LogP contribution in [0, 0.1) is 6.92 Å². The number of para-hydroxylation sites is 1. The summed E-state index contributed by atoms with van der Waals surface area (Å²) in [5.41, 5.74) is 4.40. The molecule has 8 heteroatoms. The number of hydrogen-bond acceptors (Lipinski definition) is 4. The minimum atomic E-state index is -0.333.